The molecule has 2 aromatic rings. The van der Waals surface area contributed by atoms with Gasteiger partial charge in [-0.2, -0.15) is 5.26 Å². The Morgan fingerprint density at radius 1 is 1.40 bits per heavy atom. The van der Waals surface area contributed by atoms with E-state index in [4.69, 9.17) is 10.5 Å². The number of ether oxygens (including phenoxy) is 1. The molecule has 0 saturated carbocycles. The van der Waals surface area contributed by atoms with Gasteiger partial charge in [-0.3, -0.25) is 0 Å². The molecule has 1 fully saturated rings. The van der Waals surface area contributed by atoms with E-state index in [1.807, 2.05) is 25.7 Å². The molecule has 0 aliphatic carbocycles. The topological polar surface area (TPSA) is 108 Å². The van der Waals surface area contributed by atoms with E-state index in [0.717, 1.165) is 11.1 Å². The van der Waals surface area contributed by atoms with Gasteiger partial charge in [-0.1, -0.05) is 25.5 Å². The predicted octanol–water partition coefficient (Wildman–Crippen LogP) is 5.80. The van der Waals surface area contributed by atoms with Crippen molar-refractivity contribution in [1.82, 2.24) is 9.97 Å². The number of hydrogen-bond acceptors (Lipinski definition) is 8. The Balaban J connectivity index is 1.82. The maximum Gasteiger partial charge on any atom is 0.226 e. The van der Waals surface area contributed by atoms with Gasteiger partial charge < -0.3 is 20.5 Å². The molecule has 5 rings (SSSR count). The fraction of sp³-hybridized carbons (Fsp3) is 0.433. The van der Waals surface area contributed by atoms with Crippen LogP contribution in [0.15, 0.2) is 45.4 Å². The standard InChI is InChI=1S/C30H33F2N5O2S/c1-6-15(3)23(25-17(8-33)22(34)13-40-28(25)21(31)7-2)24-20-12-39-11-19(20)18-9-35-29(36-27(18)26(24)32)37-10-16(4)30(5,38)14-37/h7,9,16,38H,6,10-14,34H2,1-5H3/b21-7+,23-15+. The first-order valence-electron chi connectivity index (χ1n) is 13.4. The van der Waals surface area contributed by atoms with Gasteiger partial charge in [0.2, 0.25) is 5.95 Å². The number of nitrogens with two attached hydrogens (primary N) is 1. The summed E-state index contributed by atoms with van der Waals surface area (Å²) in [5.41, 5.74) is 9.16. The second kappa shape index (κ2) is 10.6. The van der Waals surface area contributed by atoms with Crippen LogP contribution in [0.2, 0.25) is 0 Å². The Kier molecular flexibility index (Phi) is 7.50. The SMILES string of the molecule is C/C=C(/F)C1=C(/C(=C(\C)CC)c2c3c(c4cnc(N5CC(C)C(C)(O)C5)nc4c2F)COC3)C(C#N)=C(N)CS1. The quantitative estimate of drug-likeness (QED) is 0.468. The third kappa shape index (κ3) is 4.50. The molecule has 0 spiro atoms. The monoisotopic (exact) mass is 565 g/mol. The van der Waals surface area contributed by atoms with Crippen LogP contribution < -0.4 is 10.6 Å². The van der Waals surface area contributed by atoms with Gasteiger partial charge in [0.25, 0.3) is 0 Å². The van der Waals surface area contributed by atoms with E-state index in [0.29, 0.717) is 53.3 Å². The van der Waals surface area contributed by atoms with Crippen molar-refractivity contribution in [3.05, 3.63) is 67.9 Å². The van der Waals surface area contributed by atoms with Gasteiger partial charge in [-0.15, -0.1) is 11.8 Å². The zero-order chi connectivity index (χ0) is 28.9. The Morgan fingerprint density at radius 2 is 2.12 bits per heavy atom. The summed E-state index contributed by atoms with van der Waals surface area (Å²) in [7, 11) is 0. The molecule has 2 atom stereocenters. The average molecular weight is 566 g/mol. The summed E-state index contributed by atoms with van der Waals surface area (Å²) in [6.07, 6.45) is 3.49. The molecule has 1 saturated heterocycles. The highest BCUT2D eigenvalue weighted by molar-refractivity contribution is 8.03. The number of thioether (sulfide) groups is 1. The molecule has 3 N–H and O–H groups in total. The van der Waals surface area contributed by atoms with Crippen molar-refractivity contribution in [3.8, 4) is 6.07 Å². The van der Waals surface area contributed by atoms with Gasteiger partial charge in [0, 0.05) is 53.2 Å². The molecule has 0 bridgehead atoms. The zero-order valence-corrected chi connectivity index (χ0v) is 24.2. The Bertz CT molecular complexity index is 1580. The van der Waals surface area contributed by atoms with Gasteiger partial charge in [0.1, 0.15) is 17.4 Å². The number of nitriles is 1. The number of β-amino-alcohol motifs (C(OH)–C–C–N with tert-alkyl or cyclic N) is 1. The summed E-state index contributed by atoms with van der Waals surface area (Å²) < 4.78 is 38.1. The second-order valence-electron chi connectivity index (χ2n) is 10.9. The number of rotatable bonds is 5. The Hall–Kier alpha value is -3.26. The first-order chi connectivity index (χ1) is 19.0. The van der Waals surface area contributed by atoms with Gasteiger partial charge in [-0.05, 0) is 43.9 Å². The zero-order valence-electron chi connectivity index (χ0n) is 23.4. The molecule has 3 aliphatic heterocycles. The smallest absolute Gasteiger partial charge is 0.226 e. The van der Waals surface area contributed by atoms with E-state index >= 15 is 8.78 Å². The maximum atomic E-state index is 16.9. The molecule has 3 aliphatic rings. The fourth-order valence-corrected chi connectivity index (χ4v) is 6.63. The van der Waals surface area contributed by atoms with E-state index in [9.17, 15) is 10.4 Å². The molecule has 1 aromatic heterocycles. The third-order valence-corrected chi connectivity index (χ3v) is 9.39. The first kappa shape index (κ1) is 28.3. The number of aromatic nitrogens is 2. The number of allylic oxidation sites excluding steroid dienone is 6. The van der Waals surface area contributed by atoms with Crippen LogP contribution in [0.3, 0.4) is 0 Å². The highest BCUT2D eigenvalue weighted by atomic mass is 32.2. The molecule has 7 nitrogen and oxygen atoms in total. The molecule has 0 amide bonds. The van der Waals surface area contributed by atoms with Crippen LogP contribution >= 0.6 is 11.8 Å². The predicted molar refractivity (Wildman–Crippen MR) is 154 cm³/mol. The van der Waals surface area contributed by atoms with Crippen molar-refractivity contribution >= 4 is 34.2 Å². The average Bonchev–Trinajstić information content (AvgIpc) is 3.53. The lowest BCUT2D eigenvalue weighted by atomic mass is 9.83. The normalized spacial score (nSPS) is 24.1. The maximum absolute atomic E-state index is 16.9. The molecule has 2 unspecified atom stereocenters. The molecular formula is C30H33F2N5O2S. The van der Waals surface area contributed by atoms with Crippen LogP contribution in [0, 0.1) is 23.1 Å². The fourth-order valence-electron chi connectivity index (χ4n) is 5.59. The molecule has 1 aromatic carbocycles. The lowest BCUT2D eigenvalue weighted by Gasteiger charge is -2.26. The van der Waals surface area contributed by atoms with Crippen molar-refractivity contribution in [3.63, 3.8) is 0 Å². The van der Waals surface area contributed by atoms with Crippen molar-refractivity contribution in [2.24, 2.45) is 11.7 Å². The summed E-state index contributed by atoms with van der Waals surface area (Å²) in [6.45, 7) is 10.4. The summed E-state index contributed by atoms with van der Waals surface area (Å²) >= 11 is 1.20. The van der Waals surface area contributed by atoms with Crippen LogP contribution in [-0.2, 0) is 18.0 Å². The highest BCUT2D eigenvalue weighted by Crippen LogP contribution is 2.48. The van der Waals surface area contributed by atoms with Crippen LogP contribution in [0.5, 0.6) is 0 Å². The summed E-state index contributed by atoms with van der Waals surface area (Å²) in [6, 6.07) is 2.17. The van der Waals surface area contributed by atoms with E-state index < -0.39 is 17.2 Å². The number of fused-ring (bicyclic) bond motifs is 3. The van der Waals surface area contributed by atoms with Gasteiger partial charge in [0.05, 0.1) is 29.3 Å². The molecule has 0 radical (unpaired) electrons. The molecule has 40 heavy (non-hydrogen) atoms. The number of aliphatic hydroxyl groups is 1. The van der Waals surface area contributed by atoms with Crippen LogP contribution in [0.4, 0.5) is 14.7 Å². The Morgan fingerprint density at radius 3 is 2.75 bits per heavy atom. The largest absolute Gasteiger partial charge is 0.400 e. The van der Waals surface area contributed by atoms with Crippen molar-refractivity contribution in [2.45, 2.75) is 59.9 Å². The highest BCUT2D eigenvalue weighted by Gasteiger charge is 2.40. The number of nitrogens with zero attached hydrogens (tertiary/aromatic N) is 4. The number of hydrogen-bond donors (Lipinski definition) is 2. The van der Waals surface area contributed by atoms with Crippen molar-refractivity contribution in [1.29, 1.82) is 5.26 Å². The number of benzene rings is 1. The minimum absolute atomic E-state index is 0.0142. The van der Waals surface area contributed by atoms with E-state index in [1.165, 1.54) is 17.8 Å². The molecule has 4 heterocycles. The van der Waals surface area contributed by atoms with E-state index in [1.54, 1.807) is 20.0 Å². The van der Waals surface area contributed by atoms with Crippen LogP contribution in [0.25, 0.3) is 16.5 Å². The van der Waals surface area contributed by atoms with Gasteiger partial charge >= 0.3 is 0 Å². The van der Waals surface area contributed by atoms with Gasteiger partial charge in [-0.25, -0.2) is 18.7 Å². The Labute approximate surface area is 237 Å². The molecule has 10 heteroatoms. The molecule has 210 valence electrons. The summed E-state index contributed by atoms with van der Waals surface area (Å²) in [4.78, 5) is 11.3. The lowest BCUT2D eigenvalue weighted by Crippen LogP contribution is -2.33. The van der Waals surface area contributed by atoms with Crippen LogP contribution in [0.1, 0.15) is 57.7 Å². The van der Waals surface area contributed by atoms with Gasteiger partial charge in [0.15, 0.2) is 5.82 Å². The third-order valence-electron chi connectivity index (χ3n) is 8.25. The summed E-state index contributed by atoms with van der Waals surface area (Å²) in [5.74, 6) is -0.495. The summed E-state index contributed by atoms with van der Waals surface area (Å²) in [5, 5.41) is 21.4. The first-order valence-corrected chi connectivity index (χ1v) is 14.4. The second-order valence-corrected chi connectivity index (χ2v) is 11.8. The van der Waals surface area contributed by atoms with Crippen molar-refractivity contribution in [2.75, 3.05) is 23.7 Å². The molecular weight excluding hydrogens is 532 g/mol. The van der Waals surface area contributed by atoms with E-state index in [2.05, 4.69) is 16.0 Å². The van der Waals surface area contributed by atoms with Crippen molar-refractivity contribution < 1.29 is 18.6 Å². The van der Waals surface area contributed by atoms with E-state index in [-0.39, 0.29) is 46.4 Å². The number of anilines is 1. The minimum Gasteiger partial charge on any atom is -0.400 e. The van der Waals surface area contributed by atoms with Crippen LogP contribution in [-0.4, -0.2) is 39.5 Å². The number of halogens is 2. The lowest BCUT2D eigenvalue weighted by molar-refractivity contribution is 0.0443. The minimum atomic E-state index is -0.916.